The highest BCUT2D eigenvalue weighted by Crippen LogP contribution is 2.23. The van der Waals surface area contributed by atoms with Crippen LogP contribution in [0.5, 0.6) is 0 Å². The van der Waals surface area contributed by atoms with Crippen molar-refractivity contribution in [3.8, 4) is 0 Å². The van der Waals surface area contributed by atoms with Crippen LogP contribution in [0.4, 0.5) is 0 Å². The second kappa shape index (κ2) is 14.1. The van der Waals surface area contributed by atoms with E-state index >= 15 is 0 Å². The first-order chi connectivity index (χ1) is 11.6. The Hall–Kier alpha value is -0.120. The van der Waals surface area contributed by atoms with E-state index in [2.05, 4.69) is 26.1 Å². The van der Waals surface area contributed by atoms with E-state index < -0.39 is 0 Å². The minimum Gasteiger partial charge on any atom is -0.354 e. The number of hydrogen-bond donors (Lipinski definition) is 1. The van der Waals surface area contributed by atoms with E-state index in [1.807, 2.05) is 0 Å². The quantitative estimate of drug-likeness (QED) is 0.389. The van der Waals surface area contributed by atoms with Crippen LogP contribution in [0.2, 0.25) is 0 Å². The Bertz CT molecular complexity index is 275. The summed E-state index contributed by atoms with van der Waals surface area (Å²) in [5.74, 6) is 0. The Kier molecular flexibility index (Phi) is 12.9. The zero-order valence-electron chi connectivity index (χ0n) is 16.7. The summed E-state index contributed by atoms with van der Waals surface area (Å²) < 4.78 is 10.7. The van der Waals surface area contributed by atoms with Gasteiger partial charge < -0.3 is 14.8 Å². The van der Waals surface area contributed by atoms with Crippen molar-refractivity contribution >= 4 is 0 Å². The summed E-state index contributed by atoms with van der Waals surface area (Å²) in [5.41, 5.74) is 0.372. The third-order valence-corrected chi connectivity index (χ3v) is 5.13. The molecule has 0 amide bonds. The highest BCUT2D eigenvalue weighted by atomic mass is 16.7. The normalized spacial score (nSPS) is 16.6. The molecule has 3 heteroatoms. The Morgan fingerprint density at radius 2 is 1.29 bits per heavy atom. The minimum absolute atomic E-state index is 0.371. The third kappa shape index (κ3) is 12.3. The van der Waals surface area contributed by atoms with Gasteiger partial charge in [0.25, 0.3) is 0 Å². The summed E-state index contributed by atoms with van der Waals surface area (Å²) in [5, 5.41) is 3.60. The van der Waals surface area contributed by atoms with Crippen molar-refractivity contribution in [2.75, 3.05) is 26.6 Å². The van der Waals surface area contributed by atoms with E-state index in [4.69, 9.17) is 9.47 Å². The third-order valence-electron chi connectivity index (χ3n) is 5.13. The lowest BCUT2D eigenvalue weighted by Crippen LogP contribution is -2.45. The lowest BCUT2D eigenvalue weighted by molar-refractivity contribution is -0.113. The molecule has 0 aliphatic carbocycles. The smallest absolute Gasteiger partial charge is 0.146 e. The van der Waals surface area contributed by atoms with Gasteiger partial charge in [0, 0.05) is 6.54 Å². The van der Waals surface area contributed by atoms with Crippen molar-refractivity contribution in [2.45, 2.75) is 104 Å². The fourth-order valence-electron chi connectivity index (χ4n) is 3.38. The van der Waals surface area contributed by atoms with Crippen molar-refractivity contribution in [3.05, 3.63) is 0 Å². The van der Waals surface area contributed by atoms with Crippen LogP contribution in [0.3, 0.4) is 0 Å². The van der Waals surface area contributed by atoms with Crippen LogP contribution >= 0.6 is 0 Å². The summed E-state index contributed by atoms with van der Waals surface area (Å²) in [4.78, 5) is 0. The van der Waals surface area contributed by atoms with Crippen molar-refractivity contribution in [2.24, 2.45) is 5.41 Å². The van der Waals surface area contributed by atoms with Gasteiger partial charge >= 0.3 is 0 Å². The van der Waals surface area contributed by atoms with Gasteiger partial charge in [-0.15, -0.1) is 0 Å². The molecular weight excluding hydrogens is 298 g/mol. The molecule has 144 valence electrons. The zero-order valence-corrected chi connectivity index (χ0v) is 16.7. The minimum atomic E-state index is 0.371. The van der Waals surface area contributed by atoms with Crippen LogP contribution in [0.1, 0.15) is 97.8 Å². The number of nitrogens with one attached hydrogen (secondary N) is 1. The molecule has 0 unspecified atom stereocenters. The van der Waals surface area contributed by atoms with E-state index in [9.17, 15) is 0 Å². The number of rotatable bonds is 15. The van der Waals surface area contributed by atoms with Crippen LogP contribution in [0.15, 0.2) is 0 Å². The molecule has 0 spiro atoms. The molecule has 24 heavy (non-hydrogen) atoms. The summed E-state index contributed by atoms with van der Waals surface area (Å²) in [6.45, 7) is 10.1. The van der Waals surface area contributed by atoms with Gasteiger partial charge in [0.15, 0.2) is 0 Å². The second-order valence-electron chi connectivity index (χ2n) is 8.39. The van der Waals surface area contributed by atoms with Gasteiger partial charge in [0.2, 0.25) is 0 Å². The van der Waals surface area contributed by atoms with Gasteiger partial charge in [-0.25, -0.2) is 0 Å². The highest BCUT2D eigenvalue weighted by Gasteiger charge is 2.20. The average Bonchev–Trinajstić information content (AvgIpc) is 2.59. The van der Waals surface area contributed by atoms with E-state index in [1.54, 1.807) is 0 Å². The van der Waals surface area contributed by atoms with Crippen molar-refractivity contribution in [1.82, 2.24) is 5.32 Å². The molecular formula is C21H43NO2. The molecule has 1 aliphatic rings. The maximum atomic E-state index is 5.34. The van der Waals surface area contributed by atoms with Gasteiger partial charge in [-0.05, 0) is 11.8 Å². The zero-order chi connectivity index (χ0) is 17.5. The van der Waals surface area contributed by atoms with E-state index in [0.29, 0.717) is 18.2 Å². The van der Waals surface area contributed by atoms with Crippen LogP contribution in [0.25, 0.3) is 0 Å². The molecule has 1 rings (SSSR count). The molecule has 1 fully saturated rings. The second-order valence-corrected chi connectivity index (χ2v) is 8.39. The lowest BCUT2D eigenvalue weighted by Gasteiger charge is -2.30. The van der Waals surface area contributed by atoms with Gasteiger partial charge in [-0.3, -0.25) is 0 Å². The Balaban J connectivity index is 1.88. The lowest BCUT2D eigenvalue weighted by atomic mass is 9.86. The topological polar surface area (TPSA) is 30.5 Å². The van der Waals surface area contributed by atoms with Crippen LogP contribution in [-0.4, -0.2) is 32.6 Å². The van der Waals surface area contributed by atoms with Gasteiger partial charge in [0.05, 0.1) is 19.3 Å². The van der Waals surface area contributed by atoms with E-state index in [0.717, 1.165) is 19.8 Å². The van der Waals surface area contributed by atoms with Crippen molar-refractivity contribution < 1.29 is 9.47 Å². The molecule has 1 aliphatic heterocycles. The molecule has 0 bridgehead atoms. The predicted molar refractivity (Wildman–Crippen MR) is 103 cm³/mol. The molecule has 0 aromatic carbocycles. The van der Waals surface area contributed by atoms with Crippen LogP contribution in [0, 0.1) is 5.41 Å². The van der Waals surface area contributed by atoms with Crippen LogP contribution < -0.4 is 5.32 Å². The van der Waals surface area contributed by atoms with E-state index in [-0.39, 0.29) is 0 Å². The molecule has 0 saturated carbocycles. The molecule has 0 aromatic rings. The highest BCUT2D eigenvalue weighted by molar-refractivity contribution is 4.76. The number of ether oxygens (including phenoxy) is 2. The maximum absolute atomic E-state index is 5.34. The molecule has 3 nitrogen and oxygen atoms in total. The summed E-state index contributed by atoms with van der Waals surface area (Å²) in [6, 6.07) is 0.371. The number of hydrogen-bond acceptors (Lipinski definition) is 3. The first-order valence-electron chi connectivity index (χ1n) is 10.5. The Morgan fingerprint density at radius 3 is 1.83 bits per heavy atom. The van der Waals surface area contributed by atoms with Crippen molar-refractivity contribution in [3.63, 3.8) is 0 Å². The Labute approximate surface area is 151 Å². The van der Waals surface area contributed by atoms with Crippen LogP contribution in [-0.2, 0) is 9.47 Å². The molecule has 0 aromatic heterocycles. The summed E-state index contributed by atoms with van der Waals surface area (Å²) in [6.07, 6.45) is 16.9. The maximum Gasteiger partial charge on any atom is 0.146 e. The predicted octanol–water partition coefficient (Wildman–Crippen LogP) is 5.68. The van der Waals surface area contributed by atoms with Gasteiger partial charge in [-0.2, -0.15) is 0 Å². The Morgan fingerprint density at radius 1 is 0.792 bits per heavy atom. The summed E-state index contributed by atoms with van der Waals surface area (Å²) >= 11 is 0. The number of unbranched alkanes of at least 4 members (excludes halogenated alkanes) is 10. The fraction of sp³-hybridized carbons (Fsp3) is 1.00. The van der Waals surface area contributed by atoms with Gasteiger partial charge in [-0.1, -0.05) is 91.4 Å². The fourth-order valence-corrected chi connectivity index (χ4v) is 3.38. The average molecular weight is 342 g/mol. The first-order valence-corrected chi connectivity index (χ1v) is 10.5. The monoisotopic (exact) mass is 341 g/mol. The molecule has 0 radical (unpaired) electrons. The molecule has 1 heterocycles. The molecule has 0 atom stereocenters. The van der Waals surface area contributed by atoms with E-state index in [1.165, 1.54) is 77.0 Å². The SMILES string of the molecule is CCCCCCCCCCCCCC(C)(C)CNC1COCOC1. The molecule has 1 saturated heterocycles. The van der Waals surface area contributed by atoms with Gasteiger partial charge in [0.1, 0.15) is 6.79 Å². The summed E-state index contributed by atoms with van der Waals surface area (Å²) in [7, 11) is 0. The first kappa shape index (κ1) is 21.9. The largest absolute Gasteiger partial charge is 0.354 e. The van der Waals surface area contributed by atoms with Crippen molar-refractivity contribution in [1.29, 1.82) is 0 Å². The standard InChI is InChI=1S/C21H43NO2/c1-4-5-6-7-8-9-10-11-12-13-14-15-21(2,3)18-22-20-16-23-19-24-17-20/h20,22H,4-19H2,1-3H3. The molecule has 1 N–H and O–H groups in total.